The van der Waals surface area contributed by atoms with Crippen LogP contribution in [0, 0.1) is 12.7 Å². The van der Waals surface area contributed by atoms with E-state index >= 15 is 0 Å². The highest BCUT2D eigenvalue weighted by Crippen LogP contribution is 2.22. The maximum absolute atomic E-state index is 14.0. The first-order valence-electron chi connectivity index (χ1n) is 7.25. The van der Waals surface area contributed by atoms with Crippen molar-refractivity contribution < 1.29 is 14.2 Å². The third kappa shape index (κ3) is 4.53. The van der Waals surface area contributed by atoms with Gasteiger partial charge in [0.2, 0.25) is 0 Å². The minimum Gasteiger partial charge on any atom is -0.497 e. The van der Waals surface area contributed by atoms with Crippen molar-refractivity contribution in [2.75, 3.05) is 13.7 Å². The van der Waals surface area contributed by atoms with Crippen LogP contribution >= 0.6 is 11.3 Å². The van der Waals surface area contributed by atoms with Gasteiger partial charge in [-0.3, -0.25) is 4.90 Å². The Labute approximate surface area is 135 Å². The van der Waals surface area contributed by atoms with Gasteiger partial charge in [0.25, 0.3) is 0 Å². The molecule has 0 saturated carbocycles. The van der Waals surface area contributed by atoms with Crippen LogP contribution in [0.25, 0.3) is 0 Å². The van der Waals surface area contributed by atoms with Crippen molar-refractivity contribution in [3.63, 3.8) is 0 Å². The van der Waals surface area contributed by atoms with Gasteiger partial charge in [0.05, 0.1) is 13.2 Å². The van der Waals surface area contributed by atoms with E-state index in [4.69, 9.17) is 4.74 Å². The quantitative estimate of drug-likeness (QED) is 0.845. The zero-order valence-electron chi connectivity index (χ0n) is 13.2. The zero-order chi connectivity index (χ0) is 16.1. The molecule has 1 heterocycles. The molecule has 0 bridgehead atoms. The molecule has 0 saturated heterocycles. The third-order valence-electron chi connectivity index (χ3n) is 3.50. The summed E-state index contributed by atoms with van der Waals surface area (Å²) in [5.41, 5.74) is 1.81. The van der Waals surface area contributed by atoms with Crippen molar-refractivity contribution in [3.05, 3.63) is 51.5 Å². The van der Waals surface area contributed by atoms with E-state index in [2.05, 4.69) is 23.3 Å². The van der Waals surface area contributed by atoms with E-state index in [1.165, 1.54) is 16.5 Å². The summed E-state index contributed by atoms with van der Waals surface area (Å²) in [6, 6.07) is 6.82. The fourth-order valence-corrected chi connectivity index (χ4v) is 3.32. The predicted octanol–water partition coefficient (Wildman–Crippen LogP) is 3.59. The van der Waals surface area contributed by atoms with Crippen LogP contribution in [0.4, 0.5) is 4.39 Å². The molecule has 0 radical (unpaired) electrons. The van der Waals surface area contributed by atoms with E-state index in [1.54, 1.807) is 37.5 Å². The van der Waals surface area contributed by atoms with Crippen LogP contribution in [0.3, 0.4) is 0 Å². The maximum Gasteiger partial charge on any atom is 0.127 e. The van der Waals surface area contributed by atoms with Crippen molar-refractivity contribution in [3.8, 4) is 5.75 Å². The Morgan fingerprint density at radius 2 is 2.09 bits per heavy atom. The molecule has 5 heteroatoms. The molecule has 1 aromatic carbocycles. The molecule has 3 nitrogen and oxygen atoms in total. The number of nitrogens with zero attached hydrogens (tertiary/aromatic N) is 1. The molecule has 22 heavy (non-hydrogen) atoms. The predicted molar refractivity (Wildman–Crippen MR) is 87.8 cm³/mol. The molecule has 1 unspecified atom stereocenters. The second kappa shape index (κ2) is 7.72. The Kier molecular flexibility index (Phi) is 5.94. The second-order valence-corrected chi connectivity index (χ2v) is 6.50. The molecule has 2 aromatic rings. The van der Waals surface area contributed by atoms with Crippen LogP contribution in [-0.2, 0) is 13.1 Å². The first kappa shape index (κ1) is 16.9. The molecule has 120 valence electrons. The van der Waals surface area contributed by atoms with Gasteiger partial charge < -0.3 is 9.84 Å². The number of methoxy groups -OCH3 is 1. The molecule has 1 N–H and O–H groups in total. The molecule has 0 aliphatic rings. The molecule has 1 aromatic heterocycles. The van der Waals surface area contributed by atoms with E-state index in [-0.39, 0.29) is 5.82 Å². The summed E-state index contributed by atoms with van der Waals surface area (Å²) in [4.78, 5) is 3.30. The molecular formula is C17H22FNO2S. The summed E-state index contributed by atoms with van der Waals surface area (Å²) in [5, 5.41) is 11.8. The highest BCUT2D eigenvalue weighted by molar-refractivity contribution is 7.10. The topological polar surface area (TPSA) is 32.7 Å². The van der Waals surface area contributed by atoms with E-state index in [9.17, 15) is 9.50 Å². The number of hydrogen-bond acceptors (Lipinski definition) is 4. The average Bonchev–Trinajstić information content (AvgIpc) is 2.86. The normalized spacial score (nSPS) is 12.6. The van der Waals surface area contributed by atoms with Crippen LogP contribution in [-0.4, -0.2) is 29.8 Å². The Hall–Kier alpha value is -1.43. The summed E-state index contributed by atoms with van der Waals surface area (Å²) in [7, 11) is 1.57. The number of aryl methyl sites for hydroxylation is 1. The summed E-state index contributed by atoms with van der Waals surface area (Å²) < 4.78 is 19.2. The van der Waals surface area contributed by atoms with Crippen molar-refractivity contribution in [2.24, 2.45) is 0 Å². The molecule has 0 aliphatic carbocycles. The fraction of sp³-hybridized carbons (Fsp3) is 0.412. The Morgan fingerprint density at radius 1 is 1.32 bits per heavy atom. The maximum atomic E-state index is 14.0. The number of benzene rings is 1. The fourth-order valence-electron chi connectivity index (χ4n) is 2.37. The first-order valence-corrected chi connectivity index (χ1v) is 8.13. The Balaban J connectivity index is 2.17. The summed E-state index contributed by atoms with van der Waals surface area (Å²) >= 11 is 1.69. The lowest BCUT2D eigenvalue weighted by molar-refractivity contribution is 0.118. The highest BCUT2D eigenvalue weighted by atomic mass is 32.1. The minimum atomic E-state index is -0.464. The van der Waals surface area contributed by atoms with Crippen LogP contribution < -0.4 is 4.74 Å². The molecule has 0 spiro atoms. The van der Waals surface area contributed by atoms with Crippen molar-refractivity contribution in [1.29, 1.82) is 0 Å². The third-order valence-corrected chi connectivity index (χ3v) is 4.51. The second-order valence-electron chi connectivity index (χ2n) is 5.50. The molecule has 1 atom stereocenters. The van der Waals surface area contributed by atoms with Gasteiger partial charge in [-0.15, -0.1) is 11.3 Å². The minimum absolute atomic E-state index is 0.251. The summed E-state index contributed by atoms with van der Waals surface area (Å²) in [5.74, 6) is 0.389. The van der Waals surface area contributed by atoms with Crippen molar-refractivity contribution in [1.82, 2.24) is 4.90 Å². The molecule has 2 rings (SSSR count). The monoisotopic (exact) mass is 323 g/mol. The Morgan fingerprint density at radius 3 is 2.68 bits per heavy atom. The molecule has 0 fully saturated rings. The van der Waals surface area contributed by atoms with Crippen LogP contribution in [0.5, 0.6) is 5.75 Å². The lowest BCUT2D eigenvalue weighted by Crippen LogP contribution is -2.30. The van der Waals surface area contributed by atoms with E-state index in [0.29, 0.717) is 30.9 Å². The van der Waals surface area contributed by atoms with Gasteiger partial charge in [-0.1, -0.05) is 0 Å². The average molecular weight is 323 g/mol. The van der Waals surface area contributed by atoms with Crippen molar-refractivity contribution in [2.45, 2.75) is 33.0 Å². The van der Waals surface area contributed by atoms with Gasteiger partial charge in [0, 0.05) is 30.1 Å². The number of halogens is 1. The largest absolute Gasteiger partial charge is 0.497 e. The first-order chi connectivity index (χ1) is 10.5. The van der Waals surface area contributed by atoms with Crippen LogP contribution in [0.1, 0.15) is 22.9 Å². The number of rotatable bonds is 7. The zero-order valence-corrected chi connectivity index (χ0v) is 14.0. The van der Waals surface area contributed by atoms with Crippen LogP contribution in [0.15, 0.2) is 29.6 Å². The highest BCUT2D eigenvalue weighted by Gasteiger charge is 2.15. The number of aliphatic hydroxyl groups is 1. The standard InChI is InChI=1S/C17H22FNO2S/c1-12-6-7-22-17(12)11-19(9-13(2)20)10-14-8-15(21-3)4-5-16(14)18/h4-8,13,20H,9-11H2,1-3H3. The number of thiophene rings is 1. The van der Waals surface area contributed by atoms with E-state index in [0.717, 1.165) is 0 Å². The molecule has 0 aliphatic heterocycles. The SMILES string of the molecule is COc1ccc(F)c(CN(Cc2sccc2C)CC(C)O)c1. The smallest absolute Gasteiger partial charge is 0.127 e. The van der Waals surface area contributed by atoms with Gasteiger partial charge in [0.1, 0.15) is 11.6 Å². The van der Waals surface area contributed by atoms with Gasteiger partial charge in [-0.2, -0.15) is 0 Å². The number of ether oxygens (including phenoxy) is 1. The number of hydrogen-bond donors (Lipinski definition) is 1. The van der Waals surface area contributed by atoms with E-state index < -0.39 is 6.10 Å². The van der Waals surface area contributed by atoms with Gasteiger partial charge in [0.15, 0.2) is 0 Å². The van der Waals surface area contributed by atoms with Gasteiger partial charge >= 0.3 is 0 Å². The lowest BCUT2D eigenvalue weighted by atomic mass is 10.1. The van der Waals surface area contributed by atoms with Gasteiger partial charge in [-0.05, 0) is 49.1 Å². The van der Waals surface area contributed by atoms with Gasteiger partial charge in [-0.25, -0.2) is 4.39 Å². The van der Waals surface area contributed by atoms with Crippen molar-refractivity contribution >= 4 is 11.3 Å². The summed E-state index contributed by atoms with van der Waals surface area (Å²) in [6.45, 7) is 5.44. The van der Waals surface area contributed by atoms with Crippen LogP contribution in [0.2, 0.25) is 0 Å². The molecular weight excluding hydrogens is 301 g/mol. The summed E-state index contributed by atoms with van der Waals surface area (Å²) in [6.07, 6.45) is -0.464. The number of aliphatic hydroxyl groups excluding tert-OH is 1. The van der Waals surface area contributed by atoms with E-state index in [1.807, 2.05) is 0 Å². The lowest BCUT2D eigenvalue weighted by Gasteiger charge is -2.24. The Bertz CT molecular complexity index is 612. The molecule has 0 amide bonds.